The van der Waals surface area contributed by atoms with Crippen LogP contribution in [0.1, 0.15) is 58.8 Å². The van der Waals surface area contributed by atoms with Crippen LogP contribution in [0, 0.1) is 0 Å². The minimum absolute atomic E-state index is 0.863. The van der Waals surface area contributed by atoms with Gasteiger partial charge in [-0.2, -0.15) is 0 Å². The maximum Gasteiger partial charge on any atom is 0.00844 e. The van der Waals surface area contributed by atoms with Gasteiger partial charge in [0.05, 0.1) is 0 Å². The summed E-state index contributed by atoms with van der Waals surface area (Å²) in [7, 11) is 0. The smallest absolute Gasteiger partial charge is 0.00844 e. The van der Waals surface area contributed by atoms with Gasteiger partial charge in [-0.3, -0.25) is 0 Å². The van der Waals surface area contributed by atoms with Crippen LogP contribution < -0.4 is 5.32 Å². The average molecular weight is 169 g/mol. The molecule has 0 radical (unpaired) electrons. The summed E-state index contributed by atoms with van der Waals surface area (Å²) >= 11 is 0. The molecule has 1 aliphatic heterocycles. The predicted octanol–water partition coefficient (Wildman–Crippen LogP) is 3.10. The van der Waals surface area contributed by atoms with Crippen molar-refractivity contribution in [1.29, 1.82) is 0 Å². The Labute approximate surface area is 76.9 Å². The van der Waals surface area contributed by atoms with Crippen molar-refractivity contribution in [3.8, 4) is 0 Å². The molecule has 2 atom stereocenters. The fraction of sp³-hybridized carbons (Fsp3) is 1.00. The molecule has 1 nitrogen and oxygen atoms in total. The van der Waals surface area contributed by atoms with Crippen molar-refractivity contribution in [3.63, 3.8) is 0 Å². The number of hydrogen-bond acceptors (Lipinski definition) is 1. The van der Waals surface area contributed by atoms with Crippen LogP contribution >= 0.6 is 0 Å². The summed E-state index contributed by atoms with van der Waals surface area (Å²) in [4.78, 5) is 0. The van der Waals surface area contributed by atoms with Gasteiger partial charge in [0.25, 0.3) is 0 Å². The van der Waals surface area contributed by atoms with Crippen molar-refractivity contribution in [1.82, 2.24) is 5.32 Å². The number of unbranched alkanes of at least 4 members (excludes halogenated alkanes) is 2. The first-order valence-electron chi connectivity index (χ1n) is 5.62. The fourth-order valence-electron chi connectivity index (χ4n) is 2.04. The lowest BCUT2D eigenvalue weighted by Crippen LogP contribution is -2.51. The number of rotatable bonds is 6. The maximum atomic E-state index is 3.64. The van der Waals surface area contributed by atoms with Crippen molar-refractivity contribution in [2.45, 2.75) is 70.9 Å². The third kappa shape index (κ3) is 3.14. The molecule has 1 heterocycles. The number of nitrogens with one attached hydrogen (secondary N) is 1. The summed E-state index contributed by atoms with van der Waals surface area (Å²) in [6.07, 6.45) is 9.75. The van der Waals surface area contributed by atoms with Crippen molar-refractivity contribution >= 4 is 0 Å². The zero-order valence-electron chi connectivity index (χ0n) is 8.60. The van der Waals surface area contributed by atoms with Gasteiger partial charge in [-0.1, -0.05) is 39.5 Å². The van der Waals surface area contributed by atoms with Gasteiger partial charge in [0.15, 0.2) is 0 Å². The lowest BCUT2D eigenvalue weighted by atomic mass is 9.90. The summed E-state index contributed by atoms with van der Waals surface area (Å²) in [6.45, 7) is 4.54. The van der Waals surface area contributed by atoms with Crippen LogP contribution in [0.15, 0.2) is 0 Å². The van der Waals surface area contributed by atoms with Crippen molar-refractivity contribution in [2.75, 3.05) is 0 Å². The van der Waals surface area contributed by atoms with E-state index in [1.165, 1.54) is 44.9 Å². The van der Waals surface area contributed by atoms with E-state index in [1.54, 1.807) is 0 Å². The van der Waals surface area contributed by atoms with Gasteiger partial charge in [-0.05, 0) is 19.3 Å². The Morgan fingerprint density at radius 2 is 1.67 bits per heavy atom. The molecule has 0 saturated carbocycles. The van der Waals surface area contributed by atoms with E-state index in [0.29, 0.717) is 0 Å². The molecule has 1 N–H and O–H groups in total. The summed E-state index contributed by atoms with van der Waals surface area (Å²) in [5.74, 6) is 0. The average Bonchev–Trinajstić information content (AvgIpc) is 2.00. The van der Waals surface area contributed by atoms with Gasteiger partial charge in [-0.25, -0.2) is 0 Å². The Kier molecular flexibility index (Phi) is 4.67. The fourth-order valence-corrected chi connectivity index (χ4v) is 2.04. The van der Waals surface area contributed by atoms with E-state index >= 15 is 0 Å². The second-order valence-corrected chi connectivity index (χ2v) is 4.08. The molecule has 1 aliphatic rings. The highest BCUT2D eigenvalue weighted by molar-refractivity contribution is 4.87. The van der Waals surface area contributed by atoms with E-state index in [0.717, 1.165) is 12.1 Å². The van der Waals surface area contributed by atoms with Gasteiger partial charge in [0, 0.05) is 12.1 Å². The lowest BCUT2D eigenvalue weighted by molar-refractivity contribution is 0.234. The second-order valence-electron chi connectivity index (χ2n) is 4.08. The van der Waals surface area contributed by atoms with E-state index < -0.39 is 0 Å². The molecule has 0 aromatic heterocycles. The molecular formula is C11H23N. The third-order valence-electron chi connectivity index (χ3n) is 2.83. The Bertz CT molecular complexity index is 103. The summed E-state index contributed by atoms with van der Waals surface area (Å²) in [6, 6.07) is 1.73. The molecule has 72 valence electrons. The maximum absolute atomic E-state index is 3.64. The normalized spacial score (nSPS) is 28.5. The zero-order valence-corrected chi connectivity index (χ0v) is 8.60. The molecule has 0 aromatic rings. The van der Waals surface area contributed by atoms with Crippen LogP contribution in [0.25, 0.3) is 0 Å². The van der Waals surface area contributed by atoms with E-state index in [-0.39, 0.29) is 0 Å². The highest BCUT2D eigenvalue weighted by Crippen LogP contribution is 2.20. The quantitative estimate of drug-likeness (QED) is 0.602. The topological polar surface area (TPSA) is 12.0 Å². The molecule has 12 heavy (non-hydrogen) atoms. The van der Waals surface area contributed by atoms with E-state index in [2.05, 4.69) is 19.2 Å². The van der Waals surface area contributed by atoms with Crippen molar-refractivity contribution in [2.24, 2.45) is 0 Å². The monoisotopic (exact) mass is 169 g/mol. The molecule has 1 rings (SSSR count). The van der Waals surface area contributed by atoms with Crippen LogP contribution in [0.2, 0.25) is 0 Å². The highest BCUT2D eigenvalue weighted by atomic mass is 15.0. The largest absolute Gasteiger partial charge is 0.311 e. The Morgan fingerprint density at radius 1 is 1.00 bits per heavy atom. The van der Waals surface area contributed by atoms with Gasteiger partial charge >= 0.3 is 0 Å². The molecule has 0 aromatic carbocycles. The Morgan fingerprint density at radius 3 is 2.25 bits per heavy atom. The van der Waals surface area contributed by atoms with E-state index in [1.807, 2.05) is 0 Å². The van der Waals surface area contributed by atoms with Crippen LogP contribution in [0.3, 0.4) is 0 Å². The summed E-state index contributed by atoms with van der Waals surface area (Å²) < 4.78 is 0. The minimum atomic E-state index is 0.863. The first-order chi connectivity index (χ1) is 5.86. The molecule has 1 fully saturated rings. The minimum Gasteiger partial charge on any atom is -0.311 e. The van der Waals surface area contributed by atoms with Crippen molar-refractivity contribution in [3.05, 3.63) is 0 Å². The third-order valence-corrected chi connectivity index (χ3v) is 2.83. The van der Waals surface area contributed by atoms with E-state index in [4.69, 9.17) is 0 Å². The molecule has 0 aliphatic carbocycles. The Balaban J connectivity index is 1.88. The summed E-state index contributed by atoms with van der Waals surface area (Å²) in [5, 5.41) is 3.64. The van der Waals surface area contributed by atoms with Gasteiger partial charge in [0.1, 0.15) is 0 Å². The summed E-state index contributed by atoms with van der Waals surface area (Å²) in [5.41, 5.74) is 0. The molecule has 0 amide bonds. The van der Waals surface area contributed by atoms with Crippen LogP contribution in [-0.4, -0.2) is 12.1 Å². The molecule has 2 unspecified atom stereocenters. The standard InChI is InChI=1S/C11H23N/c1-3-5-6-8-11-9-10(12-11)7-4-2/h10-12H,3-9H2,1-2H3. The highest BCUT2D eigenvalue weighted by Gasteiger charge is 2.25. The first kappa shape index (κ1) is 10.0. The van der Waals surface area contributed by atoms with Crippen LogP contribution in [-0.2, 0) is 0 Å². The molecule has 1 saturated heterocycles. The van der Waals surface area contributed by atoms with Gasteiger partial charge in [-0.15, -0.1) is 0 Å². The first-order valence-corrected chi connectivity index (χ1v) is 5.62. The van der Waals surface area contributed by atoms with Gasteiger partial charge < -0.3 is 5.32 Å². The molecule has 0 spiro atoms. The molecule has 1 heteroatoms. The van der Waals surface area contributed by atoms with Crippen molar-refractivity contribution < 1.29 is 0 Å². The van der Waals surface area contributed by atoms with Crippen LogP contribution in [0.4, 0.5) is 0 Å². The lowest BCUT2D eigenvalue weighted by Gasteiger charge is -2.37. The molecular weight excluding hydrogens is 146 g/mol. The predicted molar refractivity (Wildman–Crippen MR) is 54.4 cm³/mol. The molecule has 0 bridgehead atoms. The Hall–Kier alpha value is -0.0400. The zero-order chi connectivity index (χ0) is 8.81. The SMILES string of the molecule is CCCCCC1CC(CCC)N1. The van der Waals surface area contributed by atoms with Gasteiger partial charge in [0.2, 0.25) is 0 Å². The van der Waals surface area contributed by atoms with E-state index in [9.17, 15) is 0 Å². The second kappa shape index (κ2) is 5.58. The van der Waals surface area contributed by atoms with Crippen LogP contribution in [0.5, 0.6) is 0 Å². The number of hydrogen-bond donors (Lipinski definition) is 1.